The minimum absolute atomic E-state index is 0.140. The minimum Gasteiger partial charge on any atom is -0.301 e. The number of anilines is 1. The third-order valence-corrected chi connectivity index (χ3v) is 6.91. The molecule has 0 spiro atoms. The van der Waals surface area contributed by atoms with Gasteiger partial charge in [-0.2, -0.15) is 0 Å². The molecule has 0 aliphatic carbocycles. The van der Waals surface area contributed by atoms with E-state index in [4.69, 9.17) is 34.8 Å². The molecule has 0 saturated carbocycles. The van der Waals surface area contributed by atoms with E-state index in [9.17, 15) is 4.79 Å². The fraction of sp³-hybridized carbons (Fsp3) is 0.0909. The van der Waals surface area contributed by atoms with E-state index in [2.05, 4.69) is 27.1 Å². The van der Waals surface area contributed by atoms with Gasteiger partial charge in [0, 0.05) is 33.1 Å². The summed E-state index contributed by atoms with van der Waals surface area (Å²) in [4.78, 5) is 17.0. The molecule has 11 heteroatoms. The molecule has 2 aromatic heterocycles. The molecule has 0 bridgehead atoms. The molecule has 33 heavy (non-hydrogen) atoms. The average Bonchev–Trinajstić information content (AvgIpc) is 3.40. The SMILES string of the molecule is C=CCn1c(SCC(=O)Nc2nc(-c3ccc(Cl)cc3Cl)cs2)nnc1-c1cccc(Cl)c1. The normalized spacial score (nSPS) is 10.9. The van der Waals surface area contributed by atoms with Crippen molar-refractivity contribution in [2.75, 3.05) is 11.1 Å². The Morgan fingerprint density at radius 1 is 1.15 bits per heavy atom. The van der Waals surface area contributed by atoms with E-state index in [-0.39, 0.29) is 11.7 Å². The van der Waals surface area contributed by atoms with E-state index in [0.29, 0.717) is 43.4 Å². The highest BCUT2D eigenvalue weighted by Gasteiger charge is 2.16. The summed E-state index contributed by atoms with van der Waals surface area (Å²) >= 11 is 20.9. The van der Waals surface area contributed by atoms with Crippen molar-refractivity contribution in [2.24, 2.45) is 0 Å². The third kappa shape index (κ3) is 5.77. The molecule has 0 radical (unpaired) electrons. The highest BCUT2D eigenvalue weighted by molar-refractivity contribution is 7.99. The number of rotatable bonds is 8. The van der Waals surface area contributed by atoms with Gasteiger partial charge in [-0.15, -0.1) is 28.1 Å². The maximum atomic E-state index is 12.5. The van der Waals surface area contributed by atoms with Crippen molar-refractivity contribution in [3.8, 4) is 22.6 Å². The molecule has 0 saturated heterocycles. The lowest BCUT2D eigenvalue weighted by Crippen LogP contribution is -2.14. The molecule has 4 aromatic rings. The fourth-order valence-electron chi connectivity index (χ4n) is 2.97. The lowest BCUT2D eigenvalue weighted by molar-refractivity contribution is -0.113. The van der Waals surface area contributed by atoms with Gasteiger partial charge in [-0.25, -0.2) is 4.98 Å². The number of nitrogens with one attached hydrogen (secondary N) is 1. The number of hydrogen-bond donors (Lipinski definition) is 1. The lowest BCUT2D eigenvalue weighted by atomic mass is 10.2. The summed E-state index contributed by atoms with van der Waals surface area (Å²) < 4.78 is 1.89. The van der Waals surface area contributed by atoms with Gasteiger partial charge in [0.1, 0.15) is 0 Å². The van der Waals surface area contributed by atoms with Gasteiger partial charge >= 0.3 is 0 Å². The van der Waals surface area contributed by atoms with Gasteiger partial charge in [0.15, 0.2) is 16.1 Å². The summed E-state index contributed by atoms with van der Waals surface area (Å²) in [5.41, 5.74) is 2.25. The van der Waals surface area contributed by atoms with Crippen LogP contribution in [0, 0.1) is 0 Å². The van der Waals surface area contributed by atoms with Gasteiger partial charge in [-0.05, 0) is 30.3 Å². The fourth-order valence-corrected chi connectivity index (χ4v) is 5.14. The average molecular weight is 537 g/mol. The molecule has 0 aliphatic heterocycles. The molecule has 2 heterocycles. The Kier molecular flexibility index (Phi) is 7.72. The molecule has 0 aliphatic rings. The van der Waals surface area contributed by atoms with Crippen LogP contribution in [0.1, 0.15) is 0 Å². The standard InChI is InChI=1S/C22H16Cl3N5OS2/c1-2-8-30-20(13-4-3-5-14(23)9-13)28-29-22(30)33-12-19(31)27-21-26-18(11-32-21)16-7-6-15(24)10-17(16)25/h2-7,9-11H,1,8,12H2,(H,26,27,31). The molecule has 4 rings (SSSR count). The number of thiazole rings is 1. The smallest absolute Gasteiger partial charge is 0.236 e. The van der Waals surface area contributed by atoms with Crippen molar-refractivity contribution >= 4 is 68.9 Å². The maximum Gasteiger partial charge on any atom is 0.236 e. The number of benzene rings is 2. The molecule has 168 valence electrons. The van der Waals surface area contributed by atoms with Crippen LogP contribution in [0.25, 0.3) is 22.6 Å². The quantitative estimate of drug-likeness (QED) is 0.195. The second kappa shape index (κ2) is 10.7. The van der Waals surface area contributed by atoms with E-state index in [1.165, 1.54) is 23.1 Å². The second-order valence-corrected chi connectivity index (χ2v) is 9.80. The molecule has 6 nitrogen and oxygen atoms in total. The van der Waals surface area contributed by atoms with Gasteiger partial charge in [0.25, 0.3) is 0 Å². The zero-order chi connectivity index (χ0) is 23.4. The molecule has 2 aromatic carbocycles. The molecular formula is C22H16Cl3N5OS2. The summed E-state index contributed by atoms with van der Waals surface area (Å²) in [6.07, 6.45) is 1.75. The van der Waals surface area contributed by atoms with Crippen LogP contribution in [0.3, 0.4) is 0 Å². The minimum atomic E-state index is -0.208. The maximum absolute atomic E-state index is 12.5. The van der Waals surface area contributed by atoms with Crippen LogP contribution in [-0.4, -0.2) is 31.4 Å². The monoisotopic (exact) mass is 535 g/mol. The van der Waals surface area contributed by atoms with E-state index in [1.807, 2.05) is 28.1 Å². The highest BCUT2D eigenvalue weighted by atomic mass is 35.5. The van der Waals surface area contributed by atoms with Crippen LogP contribution < -0.4 is 5.32 Å². The van der Waals surface area contributed by atoms with Crippen LogP contribution in [0.5, 0.6) is 0 Å². The van der Waals surface area contributed by atoms with Gasteiger partial charge < -0.3 is 5.32 Å². The van der Waals surface area contributed by atoms with E-state index in [1.54, 1.807) is 30.3 Å². The first-order chi connectivity index (χ1) is 15.9. The van der Waals surface area contributed by atoms with Gasteiger partial charge in [0.2, 0.25) is 5.91 Å². The number of carbonyl (C=O) groups excluding carboxylic acids is 1. The topological polar surface area (TPSA) is 72.7 Å². The zero-order valence-corrected chi connectivity index (χ0v) is 20.9. The lowest BCUT2D eigenvalue weighted by Gasteiger charge is -2.08. The van der Waals surface area contributed by atoms with Gasteiger partial charge in [-0.3, -0.25) is 9.36 Å². The second-order valence-electron chi connectivity index (χ2n) is 6.71. The largest absolute Gasteiger partial charge is 0.301 e. The molecule has 0 atom stereocenters. The number of nitrogens with zero attached hydrogens (tertiary/aromatic N) is 4. The van der Waals surface area contributed by atoms with Crippen LogP contribution in [0.2, 0.25) is 15.1 Å². The number of thioether (sulfide) groups is 1. The van der Waals surface area contributed by atoms with Crippen molar-refractivity contribution < 1.29 is 4.79 Å². The highest BCUT2D eigenvalue weighted by Crippen LogP contribution is 2.32. The predicted octanol–water partition coefficient (Wildman–Crippen LogP) is 6.95. The van der Waals surface area contributed by atoms with Crippen molar-refractivity contribution in [2.45, 2.75) is 11.7 Å². The van der Waals surface area contributed by atoms with Crippen molar-refractivity contribution in [1.29, 1.82) is 0 Å². The first-order valence-electron chi connectivity index (χ1n) is 9.58. The van der Waals surface area contributed by atoms with E-state index >= 15 is 0 Å². The first-order valence-corrected chi connectivity index (χ1v) is 12.6. The number of amides is 1. The Morgan fingerprint density at radius 3 is 2.73 bits per heavy atom. The van der Waals surface area contributed by atoms with E-state index in [0.717, 1.165) is 11.1 Å². The third-order valence-electron chi connectivity index (χ3n) is 4.40. The number of hydrogen-bond acceptors (Lipinski definition) is 6. The summed E-state index contributed by atoms with van der Waals surface area (Å²) in [5, 5.41) is 15.9. The first kappa shape index (κ1) is 23.8. The number of carbonyl (C=O) groups is 1. The van der Waals surface area contributed by atoms with Crippen LogP contribution in [0.4, 0.5) is 5.13 Å². The molecule has 1 amide bonds. The zero-order valence-electron chi connectivity index (χ0n) is 17.0. The molecule has 1 N–H and O–H groups in total. The Balaban J connectivity index is 1.43. The van der Waals surface area contributed by atoms with Crippen LogP contribution in [-0.2, 0) is 11.3 Å². The number of aromatic nitrogens is 4. The van der Waals surface area contributed by atoms with Gasteiger partial charge in [0.05, 0.1) is 16.5 Å². The molecular weight excluding hydrogens is 521 g/mol. The van der Waals surface area contributed by atoms with Crippen molar-refractivity contribution in [1.82, 2.24) is 19.7 Å². The van der Waals surface area contributed by atoms with Crippen molar-refractivity contribution in [3.63, 3.8) is 0 Å². The summed E-state index contributed by atoms with van der Waals surface area (Å²) in [6, 6.07) is 12.6. The van der Waals surface area contributed by atoms with E-state index < -0.39 is 0 Å². The number of allylic oxidation sites excluding steroid dienone is 1. The van der Waals surface area contributed by atoms with Crippen molar-refractivity contribution in [3.05, 3.63) is 75.6 Å². The molecule has 0 fully saturated rings. The summed E-state index contributed by atoms with van der Waals surface area (Å²) in [7, 11) is 0. The van der Waals surface area contributed by atoms with Crippen LogP contribution in [0.15, 0.2) is 65.7 Å². The Labute approximate surface area is 213 Å². The Bertz CT molecular complexity index is 1320. The summed E-state index contributed by atoms with van der Waals surface area (Å²) in [6.45, 7) is 4.30. The molecule has 0 unspecified atom stereocenters. The Hall–Kier alpha value is -2.36. The van der Waals surface area contributed by atoms with Crippen LogP contribution >= 0.6 is 57.9 Å². The predicted molar refractivity (Wildman–Crippen MR) is 138 cm³/mol. The Morgan fingerprint density at radius 2 is 1.97 bits per heavy atom. The number of halogens is 3. The summed E-state index contributed by atoms with van der Waals surface area (Å²) in [5.74, 6) is 0.590. The van der Waals surface area contributed by atoms with Gasteiger partial charge in [-0.1, -0.05) is 64.8 Å².